The van der Waals surface area contributed by atoms with Crippen LogP contribution < -0.4 is 10.2 Å². The van der Waals surface area contributed by atoms with Gasteiger partial charge in [0.1, 0.15) is 0 Å². The fourth-order valence-corrected chi connectivity index (χ4v) is 4.88. The monoisotopic (exact) mass is 426 g/mol. The van der Waals surface area contributed by atoms with Gasteiger partial charge in [-0.2, -0.15) is 0 Å². The molecule has 1 N–H and O–H groups in total. The van der Waals surface area contributed by atoms with E-state index in [1.165, 1.54) is 11.1 Å². The first-order chi connectivity index (χ1) is 15.3. The van der Waals surface area contributed by atoms with Crippen LogP contribution >= 0.6 is 0 Å². The topological polar surface area (TPSA) is 32.3 Å². The predicted octanol–water partition coefficient (Wildman–Crippen LogP) is 7.21. The van der Waals surface area contributed by atoms with Gasteiger partial charge in [0.2, 0.25) is 0 Å². The van der Waals surface area contributed by atoms with Crippen LogP contribution in [0.25, 0.3) is 0 Å². The first kappa shape index (κ1) is 22.1. The van der Waals surface area contributed by atoms with E-state index in [0.717, 1.165) is 23.4 Å². The summed E-state index contributed by atoms with van der Waals surface area (Å²) in [4.78, 5) is 15.8. The predicted molar refractivity (Wildman–Crippen MR) is 134 cm³/mol. The molecule has 1 aliphatic heterocycles. The Morgan fingerprint density at radius 1 is 0.906 bits per heavy atom. The Bertz CT molecular complexity index is 1070. The molecule has 1 aliphatic rings. The van der Waals surface area contributed by atoms with E-state index in [2.05, 4.69) is 94.5 Å². The molecule has 3 atom stereocenters. The Morgan fingerprint density at radius 2 is 1.53 bits per heavy atom. The molecule has 0 fully saturated rings. The summed E-state index contributed by atoms with van der Waals surface area (Å²) in [5, 5.41) is 3.74. The summed E-state index contributed by atoms with van der Waals surface area (Å²) < 4.78 is 0. The van der Waals surface area contributed by atoms with Gasteiger partial charge in [-0.15, -0.1) is 0 Å². The molecule has 0 unspecified atom stereocenters. The lowest BCUT2D eigenvalue weighted by Gasteiger charge is -2.45. The molecule has 0 spiro atoms. The molecule has 3 aromatic carbocycles. The van der Waals surface area contributed by atoms with Crippen LogP contribution in [0.3, 0.4) is 0 Å². The molecule has 3 nitrogen and oxygen atoms in total. The highest BCUT2D eigenvalue weighted by atomic mass is 16.2. The number of rotatable bonds is 4. The highest BCUT2D eigenvalue weighted by Crippen LogP contribution is 2.44. The van der Waals surface area contributed by atoms with Crippen molar-refractivity contribution in [3.05, 3.63) is 95.6 Å². The lowest BCUT2D eigenvalue weighted by atomic mass is 9.80. The van der Waals surface area contributed by atoms with Crippen molar-refractivity contribution in [2.45, 2.75) is 58.5 Å². The van der Waals surface area contributed by atoms with E-state index in [9.17, 15) is 4.79 Å². The third kappa shape index (κ3) is 4.17. The number of nitrogens with one attached hydrogen (secondary N) is 1. The number of hydrogen-bond donors (Lipinski definition) is 1. The average Bonchev–Trinajstić information content (AvgIpc) is 2.80. The molecule has 0 radical (unpaired) electrons. The van der Waals surface area contributed by atoms with Gasteiger partial charge < -0.3 is 10.2 Å². The summed E-state index contributed by atoms with van der Waals surface area (Å²) in [6.45, 7) is 11.0. The Kier molecular flexibility index (Phi) is 6.10. The standard InChI is InChI=1S/C29H34N2O/c1-6-25-20(2)27(30-23-12-8-7-9-13-23)24-14-10-11-15-26(24)31(25)28(32)21-16-18-22(19-17-21)29(3,4)5/h7-20,25,27,30H,6H2,1-5H3/t20-,25-,27-/m0/s1. The zero-order chi connectivity index (χ0) is 22.9. The number of carbonyl (C=O) groups is 1. The molecule has 1 amide bonds. The second kappa shape index (κ2) is 8.82. The van der Waals surface area contributed by atoms with Gasteiger partial charge in [-0.25, -0.2) is 0 Å². The van der Waals surface area contributed by atoms with E-state index < -0.39 is 0 Å². The van der Waals surface area contributed by atoms with Gasteiger partial charge >= 0.3 is 0 Å². The lowest BCUT2D eigenvalue weighted by molar-refractivity contribution is 0.0960. The van der Waals surface area contributed by atoms with Crippen molar-refractivity contribution in [2.75, 3.05) is 10.2 Å². The SMILES string of the molecule is CC[C@H]1[C@H](C)[C@H](Nc2ccccc2)c2ccccc2N1C(=O)c1ccc(C(C)(C)C)cc1. The molecule has 0 saturated carbocycles. The van der Waals surface area contributed by atoms with Crippen LogP contribution in [0.2, 0.25) is 0 Å². The number of para-hydroxylation sites is 2. The third-order valence-electron chi connectivity index (χ3n) is 6.73. The molecule has 0 saturated heterocycles. The second-order valence-corrected chi connectivity index (χ2v) is 9.88. The van der Waals surface area contributed by atoms with Gasteiger partial charge in [-0.3, -0.25) is 4.79 Å². The van der Waals surface area contributed by atoms with Gasteiger partial charge in [-0.05, 0) is 53.3 Å². The summed E-state index contributed by atoms with van der Waals surface area (Å²) in [6.07, 6.45) is 0.897. The molecule has 0 bridgehead atoms. The van der Waals surface area contributed by atoms with Gasteiger partial charge in [0, 0.05) is 28.9 Å². The Balaban J connectivity index is 1.73. The fraction of sp³-hybridized carbons (Fsp3) is 0.345. The molecule has 1 heterocycles. The van der Waals surface area contributed by atoms with E-state index in [0.29, 0.717) is 0 Å². The van der Waals surface area contributed by atoms with E-state index in [1.807, 2.05) is 29.2 Å². The summed E-state index contributed by atoms with van der Waals surface area (Å²) >= 11 is 0. The van der Waals surface area contributed by atoms with Crippen LogP contribution in [0, 0.1) is 5.92 Å². The van der Waals surface area contributed by atoms with Crippen molar-refractivity contribution in [1.82, 2.24) is 0 Å². The number of nitrogens with zero attached hydrogens (tertiary/aromatic N) is 1. The van der Waals surface area contributed by atoms with Crippen LogP contribution in [0.1, 0.15) is 68.6 Å². The van der Waals surface area contributed by atoms with Gasteiger partial charge in [0.15, 0.2) is 0 Å². The highest BCUT2D eigenvalue weighted by molar-refractivity contribution is 6.07. The van der Waals surface area contributed by atoms with Crippen molar-refractivity contribution in [1.29, 1.82) is 0 Å². The maximum absolute atomic E-state index is 13.8. The fourth-order valence-electron chi connectivity index (χ4n) is 4.88. The first-order valence-electron chi connectivity index (χ1n) is 11.7. The number of carbonyl (C=O) groups excluding carboxylic acids is 1. The van der Waals surface area contributed by atoms with Gasteiger partial charge in [-0.1, -0.05) is 83.1 Å². The van der Waals surface area contributed by atoms with E-state index in [4.69, 9.17) is 0 Å². The minimum Gasteiger partial charge on any atom is -0.378 e. The van der Waals surface area contributed by atoms with Crippen LogP contribution in [0.15, 0.2) is 78.9 Å². The maximum Gasteiger partial charge on any atom is 0.258 e. The Hall–Kier alpha value is -3.07. The molecule has 4 rings (SSSR count). The Morgan fingerprint density at radius 3 is 2.16 bits per heavy atom. The third-order valence-corrected chi connectivity index (χ3v) is 6.73. The number of amides is 1. The zero-order valence-corrected chi connectivity index (χ0v) is 19.8. The van der Waals surface area contributed by atoms with Crippen molar-refractivity contribution in [3.63, 3.8) is 0 Å². The summed E-state index contributed by atoms with van der Waals surface area (Å²) in [6, 6.07) is 27.1. The van der Waals surface area contributed by atoms with Gasteiger partial charge in [0.25, 0.3) is 5.91 Å². The molecule has 166 valence electrons. The number of benzene rings is 3. The summed E-state index contributed by atoms with van der Waals surface area (Å²) in [5.74, 6) is 0.336. The molecule has 3 aromatic rings. The van der Waals surface area contributed by atoms with Crippen molar-refractivity contribution >= 4 is 17.3 Å². The minimum atomic E-state index is 0.0656. The van der Waals surface area contributed by atoms with Gasteiger partial charge in [0.05, 0.1) is 6.04 Å². The quantitative estimate of drug-likeness (QED) is 0.478. The highest BCUT2D eigenvalue weighted by Gasteiger charge is 2.40. The Labute approximate surface area is 192 Å². The van der Waals surface area contributed by atoms with Crippen LogP contribution in [-0.2, 0) is 5.41 Å². The van der Waals surface area contributed by atoms with Crippen molar-refractivity contribution < 1.29 is 4.79 Å². The molecule has 3 heteroatoms. The zero-order valence-electron chi connectivity index (χ0n) is 19.8. The average molecular weight is 427 g/mol. The summed E-state index contributed by atoms with van der Waals surface area (Å²) in [5.41, 5.74) is 5.33. The van der Waals surface area contributed by atoms with Crippen LogP contribution in [0.5, 0.6) is 0 Å². The lowest BCUT2D eigenvalue weighted by Crippen LogP contribution is -2.50. The van der Waals surface area contributed by atoms with E-state index in [-0.39, 0.29) is 29.3 Å². The van der Waals surface area contributed by atoms with E-state index >= 15 is 0 Å². The molecule has 32 heavy (non-hydrogen) atoms. The number of hydrogen-bond acceptors (Lipinski definition) is 2. The second-order valence-electron chi connectivity index (χ2n) is 9.88. The van der Waals surface area contributed by atoms with Crippen molar-refractivity contribution in [3.8, 4) is 0 Å². The van der Waals surface area contributed by atoms with E-state index in [1.54, 1.807) is 0 Å². The largest absolute Gasteiger partial charge is 0.378 e. The van der Waals surface area contributed by atoms with Crippen LogP contribution in [0.4, 0.5) is 11.4 Å². The van der Waals surface area contributed by atoms with Crippen LogP contribution in [-0.4, -0.2) is 11.9 Å². The normalized spacial score (nSPS) is 20.5. The smallest absolute Gasteiger partial charge is 0.258 e. The summed E-state index contributed by atoms with van der Waals surface area (Å²) in [7, 11) is 0. The molecular formula is C29H34N2O. The molecular weight excluding hydrogens is 392 g/mol. The van der Waals surface area contributed by atoms with Crippen molar-refractivity contribution in [2.24, 2.45) is 5.92 Å². The number of anilines is 2. The first-order valence-corrected chi connectivity index (χ1v) is 11.7. The minimum absolute atomic E-state index is 0.0656. The molecule has 0 aromatic heterocycles. The maximum atomic E-state index is 13.8. The molecule has 0 aliphatic carbocycles. The number of fused-ring (bicyclic) bond motifs is 1.